The molecule has 20 heavy (non-hydrogen) atoms. The number of carbonyl (C=O) groups excluding carboxylic acids is 1. The number of piperidine rings is 1. The summed E-state index contributed by atoms with van der Waals surface area (Å²) in [4.78, 5) is 11.2. The van der Waals surface area contributed by atoms with E-state index in [1.807, 2.05) is 0 Å². The van der Waals surface area contributed by atoms with Crippen molar-refractivity contribution in [2.75, 3.05) is 6.54 Å². The second kappa shape index (κ2) is 4.78. The highest BCUT2D eigenvalue weighted by Gasteiger charge is 2.41. The first-order valence-electron chi connectivity index (χ1n) is 6.16. The first-order chi connectivity index (χ1) is 9.41. The molecule has 1 unspecified atom stereocenters. The molecule has 1 fully saturated rings. The molecule has 1 amide bonds. The van der Waals surface area contributed by atoms with Gasteiger partial charge in [-0.05, 0) is 34.5 Å². The van der Waals surface area contributed by atoms with Gasteiger partial charge in [-0.2, -0.15) is 4.31 Å². The van der Waals surface area contributed by atoms with E-state index in [4.69, 9.17) is 0 Å². The predicted molar refractivity (Wildman–Crippen MR) is 72.9 cm³/mol. The van der Waals surface area contributed by atoms with Gasteiger partial charge in [-0.3, -0.25) is 4.79 Å². The first kappa shape index (κ1) is 14.0. The average molecular weight is 363 g/mol. The lowest BCUT2D eigenvalue weighted by molar-refractivity contribution is -0.122. The Balaban J connectivity index is 1.98. The zero-order chi connectivity index (χ0) is 14.5. The molecule has 0 radical (unpaired) electrons. The SMILES string of the molecule is O=C1CCC(N2Cc3c(ccc(Br)c3F)S2(=O)=O)CN1. The van der Waals surface area contributed by atoms with Crippen LogP contribution in [-0.4, -0.2) is 31.2 Å². The van der Waals surface area contributed by atoms with Crippen LogP contribution in [0.15, 0.2) is 21.5 Å². The second-order valence-electron chi connectivity index (χ2n) is 4.88. The average Bonchev–Trinajstić information content (AvgIpc) is 2.67. The number of nitrogens with one attached hydrogen (secondary N) is 1. The number of rotatable bonds is 1. The van der Waals surface area contributed by atoms with E-state index in [1.165, 1.54) is 16.4 Å². The molecule has 1 aromatic carbocycles. The zero-order valence-corrected chi connectivity index (χ0v) is 12.8. The maximum absolute atomic E-state index is 14.0. The van der Waals surface area contributed by atoms with E-state index < -0.39 is 15.8 Å². The summed E-state index contributed by atoms with van der Waals surface area (Å²) in [5.74, 6) is -0.613. The van der Waals surface area contributed by atoms with E-state index in [2.05, 4.69) is 21.2 Å². The molecular weight excluding hydrogens is 351 g/mol. The lowest BCUT2D eigenvalue weighted by atomic mass is 10.1. The number of carbonyl (C=O) groups is 1. The van der Waals surface area contributed by atoms with Crippen molar-refractivity contribution in [3.63, 3.8) is 0 Å². The number of amides is 1. The van der Waals surface area contributed by atoms with Crippen molar-refractivity contribution in [1.82, 2.24) is 9.62 Å². The van der Waals surface area contributed by atoms with Crippen molar-refractivity contribution in [3.8, 4) is 0 Å². The molecule has 0 spiro atoms. The van der Waals surface area contributed by atoms with E-state index >= 15 is 0 Å². The van der Waals surface area contributed by atoms with Crippen molar-refractivity contribution in [2.45, 2.75) is 30.3 Å². The van der Waals surface area contributed by atoms with Gasteiger partial charge in [0.2, 0.25) is 15.9 Å². The van der Waals surface area contributed by atoms with Crippen LogP contribution < -0.4 is 5.32 Å². The Morgan fingerprint density at radius 1 is 1.40 bits per heavy atom. The van der Waals surface area contributed by atoms with Crippen molar-refractivity contribution in [3.05, 3.63) is 28.0 Å². The number of sulfonamides is 1. The minimum atomic E-state index is -3.68. The van der Waals surface area contributed by atoms with Crippen molar-refractivity contribution in [2.24, 2.45) is 0 Å². The maximum Gasteiger partial charge on any atom is 0.244 e. The normalized spacial score (nSPS) is 25.3. The van der Waals surface area contributed by atoms with Gasteiger partial charge in [-0.25, -0.2) is 12.8 Å². The molecule has 0 bridgehead atoms. The fourth-order valence-electron chi connectivity index (χ4n) is 2.62. The Kier molecular flexibility index (Phi) is 3.34. The molecule has 0 saturated carbocycles. The molecule has 2 heterocycles. The van der Waals surface area contributed by atoms with Gasteiger partial charge < -0.3 is 5.32 Å². The molecule has 1 saturated heterocycles. The van der Waals surface area contributed by atoms with Crippen LogP contribution in [-0.2, 0) is 21.4 Å². The van der Waals surface area contributed by atoms with Crippen molar-refractivity contribution < 1.29 is 17.6 Å². The standard InChI is InChI=1S/C12H12BrFN2O3S/c13-9-2-3-10-8(12(9)14)6-16(20(10,18)19)7-1-4-11(17)15-5-7/h2-3,7H,1,4-6H2,(H,15,17). The van der Waals surface area contributed by atoms with Gasteiger partial charge >= 0.3 is 0 Å². The Morgan fingerprint density at radius 2 is 2.15 bits per heavy atom. The number of nitrogens with zero attached hydrogens (tertiary/aromatic N) is 1. The van der Waals surface area contributed by atoms with Gasteiger partial charge in [0.1, 0.15) is 5.82 Å². The number of hydrogen-bond donors (Lipinski definition) is 1. The highest BCUT2D eigenvalue weighted by atomic mass is 79.9. The molecule has 1 N–H and O–H groups in total. The third kappa shape index (κ3) is 2.06. The van der Waals surface area contributed by atoms with Crippen molar-refractivity contribution in [1.29, 1.82) is 0 Å². The van der Waals surface area contributed by atoms with Gasteiger partial charge in [0.05, 0.1) is 9.37 Å². The maximum atomic E-state index is 14.0. The lowest BCUT2D eigenvalue weighted by Crippen LogP contribution is -2.48. The van der Waals surface area contributed by atoms with Crippen LogP contribution in [0, 0.1) is 5.82 Å². The van der Waals surface area contributed by atoms with Gasteiger partial charge in [-0.15, -0.1) is 0 Å². The van der Waals surface area contributed by atoms with Crippen LogP contribution in [0.4, 0.5) is 4.39 Å². The molecule has 0 aromatic heterocycles. The fourth-order valence-corrected chi connectivity index (χ4v) is 4.82. The molecule has 0 aliphatic carbocycles. The highest BCUT2D eigenvalue weighted by molar-refractivity contribution is 9.10. The summed E-state index contributed by atoms with van der Waals surface area (Å²) >= 11 is 3.06. The topological polar surface area (TPSA) is 66.5 Å². The van der Waals surface area contributed by atoms with Crippen LogP contribution in [0.5, 0.6) is 0 Å². The second-order valence-corrected chi connectivity index (χ2v) is 7.60. The summed E-state index contributed by atoms with van der Waals surface area (Å²) in [6.07, 6.45) is 0.751. The molecular formula is C12H12BrFN2O3S. The van der Waals surface area contributed by atoms with E-state index in [9.17, 15) is 17.6 Å². The van der Waals surface area contributed by atoms with Crippen LogP contribution >= 0.6 is 15.9 Å². The third-order valence-electron chi connectivity index (χ3n) is 3.70. The largest absolute Gasteiger partial charge is 0.354 e. The molecule has 8 heteroatoms. The van der Waals surface area contributed by atoms with E-state index in [1.54, 1.807) is 0 Å². The van der Waals surface area contributed by atoms with Gasteiger partial charge in [-0.1, -0.05) is 0 Å². The predicted octanol–water partition coefficient (Wildman–Crippen LogP) is 1.37. The number of hydrogen-bond acceptors (Lipinski definition) is 3. The summed E-state index contributed by atoms with van der Waals surface area (Å²) in [7, 11) is -3.68. The van der Waals surface area contributed by atoms with E-state index in [-0.39, 0.29) is 40.0 Å². The zero-order valence-electron chi connectivity index (χ0n) is 10.4. The summed E-state index contributed by atoms with van der Waals surface area (Å²) in [6, 6.07) is 2.50. The molecule has 1 atom stereocenters. The Labute approximate surface area is 124 Å². The molecule has 1 aromatic rings. The van der Waals surface area contributed by atoms with E-state index in [0.717, 1.165) is 0 Å². The minimum Gasteiger partial charge on any atom is -0.354 e. The van der Waals surface area contributed by atoms with Gasteiger partial charge in [0.25, 0.3) is 0 Å². The minimum absolute atomic E-state index is 0.0173. The highest BCUT2D eigenvalue weighted by Crippen LogP contribution is 2.37. The fraction of sp³-hybridized carbons (Fsp3) is 0.417. The number of halogens is 2. The molecule has 5 nitrogen and oxygen atoms in total. The third-order valence-corrected chi connectivity index (χ3v) is 6.30. The first-order valence-corrected chi connectivity index (χ1v) is 8.40. The van der Waals surface area contributed by atoms with Crippen LogP contribution in [0.3, 0.4) is 0 Å². The number of benzene rings is 1. The molecule has 3 rings (SSSR count). The summed E-state index contributed by atoms with van der Waals surface area (Å²) in [6.45, 7) is 0.290. The molecule has 108 valence electrons. The summed E-state index contributed by atoms with van der Waals surface area (Å²) in [5, 5.41) is 2.65. The van der Waals surface area contributed by atoms with Gasteiger partial charge in [0, 0.05) is 31.1 Å². The smallest absolute Gasteiger partial charge is 0.244 e. The summed E-state index contributed by atoms with van der Waals surface area (Å²) < 4.78 is 40.5. The number of fused-ring (bicyclic) bond motifs is 1. The monoisotopic (exact) mass is 362 g/mol. The summed E-state index contributed by atoms with van der Waals surface area (Å²) in [5.41, 5.74) is 0.191. The van der Waals surface area contributed by atoms with Crippen LogP contribution in [0.25, 0.3) is 0 Å². The van der Waals surface area contributed by atoms with Crippen molar-refractivity contribution >= 4 is 31.9 Å². The van der Waals surface area contributed by atoms with Gasteiger partial charge in [0.15, 0.2) is 0 Å². The molecule has 2 aliphatic heterocycles. The molecule has 2 aliphatic rings. The lowest BCUT2D eigenvalue weighted by Gasteiger charge is -2.29. The Hall–Kier alpha value is -0.990. The van der Waals surface area contributed by atoms with Crippen LogP contribution in [0.2, 0.25) is 0 Å². The Morgan fingerprint density at radius 3 is 2.80 bits per heavy atom. The quantitative estimate of drug-likeness (QED) is 0.820. The van der Waals surface area contributed by atoms with E-state index in [0.29, 0.717) is 12.8 Å². The van der Waals surface area contributed by atoms with Crippen LogP contribution in [0.1, 0.15) is 18.4 Å². The Bertz CT molecular complexity index is 682.